The van der Waals surface area contributed by atoms with Crippen molar-refractivity contribution < 1.29 is 0 Å². The molecule has 0 amide bonds. The lowest BCUT2D eigenvalue weighted by molar-refractivity contribution is 1.26. The maximum absolute atomic E-state index is 8.55. The van der Waals surface area contributed by atoms with E-state index < -0.39 is 0 Å². The monoisotopic (exact) mass is 170 g/mol. The van der Waals surface area contributed by atoms with Gasteiger partial charge in [0.2, 0.25) is 0 Å². The van der Waals surface area contributed by atoms with Gasteiger partial charge in [-0.05, 0) is 17.7 Å². The summed E-state index contributed by atoms with van der Waals surface area (Å²) in [5.41, 5.74) is 1.67. The van der Waals surface area contributed by atoms with Gasteiger partial charge in [-0.3, -0.25) is 4.99 Å². The van der Waals surface area contributed by atoms with E-state index in [2.05, 4.69) is 17.6 Å². The van der Waals surface area contributed by atoms with E-state index in [9.17, 15) is 0 Å². The molecule has 1 aromatic rings. The highest BCUT2D eigenvalue weighted by molar-refractivity contribution is 5.79. The van der Waals surface area contributed by atoms with Crippen LogP contribution in [0.25, 0.3) is 0 Å². The summed E-state index contributed by atoms with van der Waals surface area (Å²) in [4.78, 5) is 4.09. The third-order valence-electron chi connectivity index (χ3n) is 1.51. The van der Waals surface area contributed by atoms with E-state index in [4.69, 9.17) is 5.26 Å². The molecule has 1 rings (SSSR count). The number of hydrogen-bond donors (Lipinski definition) is 0. The molecule has 0 saturated carbocycles. The minimum atomic E-state index is 0.625. The van der Waals surface area contributed by atoms with Crippen LogP contribution in [0.4, 0.5) is 0 Å². The second kappa shape index (κ2) is 4.89. The van der Waals surface area contributed by atoms with Gasteiger partial charge in [0.05, 0.1) is 18.2 Å². The Morgan fingerprint density at radius 2 is 2.08 bits per heavy atom. The molecule has 0 spiro atoms. The van der Waals surface area contributed by atoms with E-state index >= 15 is 0 Å². The van der Waals surface area contributed by atoms with Crippen LogP contribution in [-0.2, 0) is 0 Å². The average molecular weight is 170 g/mol. The van der Waals surface area contributed by atoms with Gasteiger partial charge in [0.15, 0.2) is 0 Å². The fourth-order valence-corrected chi connectivity index (χ4v) is 0.876. The molecule has 0 radical (unpaired) electrons. The van der Waals surface area contributed by atoms with Gasteiger partial charge >= 0.3 is 0 Å². The van der Waals surface area contributed by atoms with Gasteiger partial charge in [-0.1, -0.05) is 18.2 Å². The SMILES string of the molecule is C=CCN=Cc1ccc(C#N)cc1. The fourth-order valence-electron chi connectivity index (χ4n) is 0.876. The predicted octanol–water partition coefficient (Wildman–Crippen LogP) is 2.16. The molecule has 0 atom stereocenters. The van der Waals surface area contributed by atoms with Crippen LogP contribution in [0.2, 0.25) is 0 Å². The van der Waals surface area contributed by atoms with Gasteiger partial charge in [0.1, 0.15) is 0 Å². The van der Waals surface area contributed by atoms with Crippen molar-refractivity contribution in [2.24, 2.45) is 4.99 Å². The molecule has 13 heavy (non-hydrogen) atoms. The molecule has 2 heteroatoms. The molecule has 0 fully saturated rings. The average Bonchev–Trinajstić information content (AvgIpc) is 2.19. The third-order valence-corrected chi connectivity index (χ3v) is 1.51. The second-order valence-electron chi connectivity index (χ2n) is 2.52. The van der Waals surface area contributed by atoms with Crippen LogP contribution in [0.15, 0.2) is 41.9 Å². The van der Waals surface area contributed by atoms with E-state index in [0.717, 1.165) is 5.56 Å². The number of hydrogen-bond acceptors (Lipinski definition) is 2. The minimum Gasteiger partial charge on any atom is -0.288 e. The van der Waals surface area contributed by atoms with E-state index in [1.807, 2.05) is 12.1 Å². The van der Waals surface area contributed by atoms with Gasteiger partial charge in [-0.2, -0.15) is 5.26 Å². The lowest BCUT2D eigenvalue weighted by Gasteiger charge is -1.91. The third kappa shape index (κ3) is 2.92. The number of rotatable bonds is 3. The lowest BCUT2D eigenvalue weighted by atomic mass is 10.2. The van der Waals surface area contributed by atoms with Gasteiger partial charge in [0.25, 0.3) is 0 Å². The maximum atomic E-state index is 8.55. The van der Waals surface area contributed by atoms with Gasteiger partial charge in [-0.15, -0.1) is 6.58 Å². The molecule has 2 nitrogen and oxygen atoms in total. The summed E-state index contributed by atoms with van der Waals surface area (Å²) in [6.07, 6.45) is 3.50. The Kier molecular flexibility index (Phi) is 3.46. The Hall–Kier alpha value is -1.88. The summed E-state index contributed by atoms with van der Waals surface area (Å²) >= 11 is 0. The van der Waals surface area contributed by atoms with Crippen molar-refractivity contribution in [3.8, 4) is 6.07 Å². The molecule has 0 aliphatic carbocycles. The smallest absolute Gasteiger partial charge is 0.0991 e. The van der Waals surface area contributed by atoms with Crippen molar-refractivity contribution in [1.29, 1.82) is 5.26 Å². The van der Waals surface area contributed by atoms with Gasteiger partial charge in [-0.25, -0.2) is 0 Å². The number of nitrogens with zero attached hydrogens (tertiary/aromatic N) is 2. The van der Waals surface area contributed by atoms with E-state index in [1.165, 1.54) is 0 Å². The molecule has 0 saturated heterocycles. The summed E-state index contributed by atoms with van der Waals surface area (Å²) in [7, 11) is 0. The molecular weight excluding hydrogens is 160 g/mol. The van der Waals surface area contributed by atoms with Gasteiger partial charge < -0.3 is 0 Å². The van der Waals surface area contributed by atoms with Crippen LogP contribution >= 0.6 is 0 Å². The Morgan fingerprint density at radius 1 is 1.38 bits per heavy atom. The van der Waals surface area contributed by atoms with Gasteiger partial charge in [0, 0.05) is 6.21 Å². The van der Waals surface area contributed by atoms with Crippen LogP contribution in [0.3, 0.4) is 0 Å². The van der Waals surface area contributed by atoms with E-state index in [-0.39, 0.29) is 0 Å². The van der Waals surface area contributed by atoms with Crippen molar-refractivity contribution in [2.75, 3.05) is 6.54 Å². The van der Waals surface area contributed by atoms with Crippen LogP contribution in [0.5, 0.6) is 0 Å². The standard InChI is InChI=1S/C11H10N2/c1-2-7-13-9-11-5-3-10(8-12)4-6-11/h2-6,9H,1,7H2. The minimum absolute atomic E-state index is 0.625. The predicted molar refractivity (Wildman–Crippen MR) is 53.8 cm³/mol. The highest BCUT2D eigenvalue weighted by Gasteiger charge is 1.88. The summed E-state index contributed by atoms with van der Waals surface area (Å²) in [5, 5.41) is 8.55. The number of nitriles is 1. The lowest BCUT2D eigenvalue weighted by Crippen LogP contribution is -1.82. The van der Waals surface area contributed by atoms with Crippen molar-refractivity contribution in [2.45, 2.75) is 0 Å². The largest absolute Gasteiger partial charge is 0.288 e. The van der Waals surface area contributed by atoms with Crippen molar-refractivity contribution in [3.05, 3.63) is 48.0 Å². The van der Waals surface area contributed by atoms with E-state index in [1.54, 1.807) is 24.4 Å². The highest BCUT2D eigenvalue weighted by atomic mass is 14.7. The number of benzene rings is 1. The molecule has 64 valence electrons. The zero-order chi connectivity index (χ0) is 9.52. The molecule has 1 aromatic carbocycles. The molecule has 0 aromatic heterocycles. The highest BCUT2D eigenvalue weighted by Crippen LogP contribution is 2.00. The first-order valence-electron chi connectivity index (χ1n) is 3.97. The normalized spacial score (nSPS) is 9.77. The van der Waals surface area contributed by atoms with Crippen LogP contribution < -0.4 is 0 Å². The first-order valence-corrected chi connectivity index (χ1v) is 3.97. The zero-order valence-electron chi connectivity index (χ0n) is 7.27. The molecule has 0 unspecified atom stereocenters. The fraction of sp³-hybridized carbons (Fsp3) is 0.0909. The van der Waals surface area contributed by atoms with Crippen LogP contribution in [0.1, 0.15) is 11.1 Å². The maximum Gasteiger partial charge on any atom is 0.0991 e. The topological polar surface area (TPSA) is 36.1 Å². The Balaban J connectivity index is 2.70. The second-order valence-corrected chi connectivity index (χ2v) is 2.52. The Morgan fingerprint density at radius 3 is 2.62 bits per heavy atom. The molecular formula is C11H10N2. The molecule has 0 heterocycles. The molecule has 0 bridgehead atoms. The van der Waals surface area contributed by atoms with E-state index in [0.29, 0.717) is 12.1 Å². The Labute approximate surface area is 77.9 Å². The van der Waals surface area contributed by atoms with Crippen molar-refractivity contribution >= 4 is 6.21 Å². The zero-order valence-corrected chi connectivity index (χ0v) is 7.27. The van der Waals surface area contributed by atoms with Crippen LogP contribution in [0, 0.1) is 11.3 Å². The van der Waals surface area contributed by atoms with Crippen molar-refractivity contribution in [3.63, 3.8) is 0 Å². The summed E-state index contributed by atoms with van der Waals surface area (Å²) in [5.74, 6) is 0. The first-order chi connectivity index (χ1) is 6.36. The Bertz CT molecular complexity index is 341. The quantitative estimate of drug-likeness (QED) is 0.505. The summed E-state index contributed by atoms with van der Waals surface area (Å²) in [6.45, 7) is 4.19. The molecule has 0 N–H and O–H groups in total. The first kappa shape index (κ1) is 9.21. The molecule has 0 aliphatic rings. The molecule has 0 aliphatic heterocycles. The summed E-state index contributed by atoms with van der Waals surface area (Å²) < 4.78 is 0. The number of aliphatic imine (C=N–C) groups is 1. The summed E-state index contributed by atoms with van der Waals surface area (Å²) in [6, 6.07) is 9.34. The van der Waals surface area contributed by atoms with Crippen LogP contribution in [-0.4, -0.2) is 12.8 Å². The van der Waals surface area contributed by atoms with Crippen molar-refractivity contribution in [1.82, 2.24) is 0 Å².